The van der Waals surface area contributed by atoms with Gasteiger partial charge < -0.3 is 19.2 Å². The van der Waals surface area contributed by atoms with Gasteiger partial charge in [0.2, 0.25) is 0 Å². The van der Waals surface area contributed by atoms with Crippen LogP contribution in [0.5, 0.6) is 17.2 Å². The van der Waals surface area contributed by atoms with Crippen LogP contribution in [0.15, 0.2) is 90.1 Å². The number of carbonyl (C=O) groups is 1. The molecule has 0 fully saturated rings. The van der Waals surface area contributed by atoms with Gasteiger partial charge in [0.05, 0.1) is 30.5 Å². The van der Waals surface area contributed by atoms with E-state index in [-0.39, 0.29) is 5.91 Å². The zero-order chi connectivity index (χ0) is 24.2. The average molecular weight is 466 g/mol. The molecule has 0 saturated carbocycles. The molecule has 35 heavy (non-hydrogen) atoms. The Hall–Kier alpha value is -4.65. The van der Waals surface area contributed by atoms with Gasteiger partial charge in [-0.1, -0.05) is 6.07 Å². The van der Waals surface area contributed by atoms with Crippen molar-refractivity contribution < 1.29 is 18.7 Å². The van der Waals surface area contributed by atoms with Crippen molar-refractivity contribution in [2.75, 3.05) is 7.11 Å². The summed E-state index contributed by atoms with van der Waals surface area (Å²) in [7, 11) is 1.62. The predicted octanol–water partition coefficient (Wildman–Crippen LogP) is 5.93. The Morgan fingerprint density at radius 1 is 1.03 bits per heavy atom. The molecular formula is C28H23N3O4. The van der Waals surface area contributed by atoms with E-state index in [2.05, 4.69) is 15.3 Å². The van der Waals surface area contributed by atoms with Crippen LogP contribution >= 0.6 is 0 Å². The minimum absolute atomic E-state index is 0.173. The third-order valence-corrected chi connectivity index (χ3v) is 5.80. The lowest BCUT2D eigenvalue weighted by atomic mass is 10.0. The van der Waals surface area contributed by atoms with Crippen LogP contribution in [0.2, 0.25) is 0 Å². The molecule has 0 aliphatic rings. The van der Waals surface area contributed by atoms with Gasteiger partial charge in [0.1, 0.15) is 17.2 Å². The van der Waals surface area contributed by atoms with Crippen LogP contribution in [0.25, 0.3) is 22.0 Å². The fourth-order valence-electron chi connectivity index (χ4n) is 3.95. The zero-order valence-corrected chi connectivity index (χ0v) is 19.3. The monoisotopic (exact) mass is 465 g/mol. The Morgan fingerprint density at radius 3 is 2.66 bits per heavy atom. The van der Waals surface area contributed by atoms with Gasteiger partial charge in [-0.25, -0.2) is 0 Å². The van der Waals surface area contributed by atoms with Crippen molar-refractivity contribution in [3.63, 3.8) is 0 Å². The number of ether oxygens (including phenoxy) is 2. The number of fused-ring (bicyclic) bond motifs is 1. The van der Waals surface area contributed by atoms with Gasteiger partial charge in [-0.3, -0.25) is 14.8 Å². The van der Waals surface area contributed by atoms with Crippen LogP contribution in [0.4, 0.5) is 0 Å². The molecular weight excluding hydrogens is 442 g/mol. The number of amides is 1. The lowest BCUT2D eigenvalue weighted by Gasteiger charge is -2.16. The van der Waals surface area contributed by atoms with Gasteiger partial charge >= 0.3 is 0 Å². The minimum Gasteiger partial charge on any atom is -0.497 e. The fraction of sp³-hybridized carbons (Fsp3) is 0.107. The molecule has 7 nitrogen and oxygen atoms in total. The second kappa shape index (κ2) is 9.69. The first-order valence-electron chi connectivity index (χ1n) is 11.1. The number of pyridine rings is 2. The molecule has 5 aromatic rings. The molecule has 3 heterocycles. The van der Waals surface area contributed by atoms with Crippen molar-refractivity contribution in [2.45, 2.75) is 13.5 Å². The highest BCUT2D eigenvalue weighted by atomic mass is 16.5. The number of hydrogen-bond acceptors (Lipinski definition) is 6. The van der Waals surface area contributed by atoms with E-state index in [1.807, 2.05) is 55.5 Å². The molecule has 1 N–H and O–H groups in total. The first kappa shape index (κ1) is 22.2. The lowest BCUT2D eigenvalue weighted by Crippen LogP contribution is -2.23. The molecule has 0 unspecified atom stereocenters. The maximum absolute atomic E-state index is 12.9. The van der Waals surface area contributed by atoms with Crippen LogP contribution in [0.3, 0.4) is 0 Å². The molecule has 0 saturated heterocycles. The van der Waals surface area contributed by atoms with Crippen LogP contribution in [-0.2, 0) is 6.54 Å². The number of nitrogens with zero attached hydrogens (tertiary/aromatic N) is 2. The predicted molar refractivity (Wildman–Crippen MR) is 133 cm³/mol. The van der Waals surface area contributed by atoms with Gasteiger partial charge in [-0.05, 0) is 55.0 Å². The summed E-state index contributed by atoms with van der Waals surface area (Å²) in [6.07, 6.45) is 8.39. The van der Waals surface area contributed by atoms with Gasteiger partial charge in [0.25, 0.3) is 5.91 Å². The normalized spacial score (nSPS) is 10.8. The van der Waals surface area contributed by atoms with Crippen LogP contribution < -0.4 is 14.8 Å². The topological polar surface area (TPSA) is 86.5 Å². The number of aromatic nitrogens is 2. The van der Waals surface area contributed by atoms with Crippen molar-refractivity contribution >= 4 is 16.8 Å². The molecule has 1 amide bonds. The van der Waals surface area contributed by atoms with Gasteiger partial charge in [-0.2, -0.15) is 0 Å². The highest BCUT2D eigenvalue weighted by molar-refractivity contribution is 6.00. The molecule has 0 bridgehead atoms. The Morgan fingerprint density at radius 2 is 1.89 bits per heavy atom. The zero-order valence-electron chi connectivity index (χ0n) is 19.3. The van der Waals surface area contributed by atoms with Crippen molar-refractivity contribution in [3.05, 3.63) is 102 Å². The molecule has 0 radical (unpaired) electrons. The Kier molecular flexibility index (Phi) is 6.13. The highest BCUT2D eigenvalue weighted by Crippen LogP contribution is 2.40. The summed E-state index contributed by atoms with van der Waals surface area (Å²) in [5, 5.41) is 3.78. The van der Waals surface area contributed by atoms with E-state index in [9.17, 15) is 4.79 Å². The number of nitrogens with one attached hydrogen (secondary N) is 1. The Labute approximate surface area is 202 Å². The van der Waals surface area contributed by atoms with E-state index >= 15 is 0 Å². The van der Waals surface area contributed by atoms with E-state index in [0.29, 0.717) is 29.4 Å². The first-order chi connectivity index (χ1) is 17.1. The standard InChI is InChI=1S/C28H23N3O4/c1-18-22(28(32)31-16-19-6-10-29-11-7-19)4-3-5-25(18)35-26-8-12-30-24-15-21(33-2)14-23(27(24)26)20-9-13-34-17-20/h3-15,17H,16H2,1-2H3,(H,31,32). The van der Waals surface area contributed by atoms with Crippen LogP contribution in [0, 0.1) is 6.92 Å². The number of carbonyl (C=O) groups excluding carboxylic acids is 1. The molecule has 0 spiro atoms. The minimum atomic E-state index is -0.173. The van der Waals surface area contributed by atoms with E-state index in [1.54, 1.807) is 44.3 Å². The molecule has 174 valence electrons. The summed E-state index contributed by atoms with van der Waals surface area (Å²) in [6.45, 7) is 2.29. The Balaban J connectivity index is 1.49. The molecule has 3 aromatic heterocycles. The maximum Gasteiger partial charge on any atom is 0.251 e. The van der Waals surface area contributed by atoms with Crippen molar-refractivity contribution in [1.82, 2.24) is 15.3 Å². The van der Waals surface area contributed by atoms with Crippen LogP contribution in [-0.4, -0.2) is 23.0 Å². The number of hydrogen-bond donors (Lipinski definition) is 1. The largest absolute Gasteiger partial charge is 0.497 e. The van der Waals surface area contributed by atoms with Gasteiger partial charge in [0.15, 0.2) is 0 Å². The van der Waals surface area contributed by atoms with Gasteiger partial charge in [-0.15, -0.1) is 0 Å². The fourth-order valence-corrected chi connectivity index (χ4v) is 3.95. The summed E-state index contributed by atoms with van der Waals surface area (Å²) in [5.41, 5.74) is 4.74. The first-order valence-corrected chi connectivity index (χ1v) is 11.1. The summed E-state index contributed by atoms with van der Waals surface area (Å²) >= 11 is 0. The highest BCUT2D eigenvalue weighted by Gasteiger charge is 2.17. The molecule has 0 aliphatic carbocycles. The van der Waals surface area contributed by atoms with E-state index in [1.165, 1.54) is 0 Å². The summed E-state index contributed by atoms with van der Waals surface area (Å²) in [4.78, 5) is 21.4. The molecule has 5 rings (SSSR count). The molecule has 2 aromatic carbocycles. The third-order valence-electron chi connectivity index (χ3n) is 5.80. The summed E-state index contributed by atoms with van der Waals surface area (Å²) in [6, 6.07) is 16.7. The van der Waals surface area contributed by atoms with Crippen molar-refractivity contribution in [1.29, 1.82) is 0 Å². The number of methoxy groups -OCH3 is 1. The van der Waals surface area contributed by atoms with Crippen LogP contribution in [0.1, 0.15) is 21.5 Å². The van der Waals surface area contributed by atoms with E-state index in [4.69, 9.17) is 13.9 Å². The second-order valence-electron chi connectivity index (χ2n) is 7.96. The van der Waals surface area contributed by atoms with E-state index < -0.39 is 0 Å². The Bertz CT molecular complexity index is 1480. The average Bonchev–Trinajstić information content (AvgIpc) is 3.43. The molecule has 0 aliphatic heterocycles. The lowest BCUT2D eigenvalue weighted by molar-refractivity contribution is 0.0950. The quantitative estimate of drug-likeness (QED) is 0.321. The summed E-state index contributed by atoms with van der Waals surface area (Å²) in [5.74, 6) is 1.71. The SMILES string of the molecule is COc1cc(-c2ccoc2)c2c(Oc3cccc(C(=O)NCc4ccncc4)c3C)ccnc2c1. The van der Waals surface area contributed by atoms with Gasteiger partial charge in [0, 0.05) is 53.5 Å². The molecule has 0 atom stereocenters. The maximum atomic E-state index is 12.9. The smallest absolute Gasteiger partial charge is 0.251 e. The molecule has 7 heteroatoms. The number of benzene rings is 2. The van der Waals surface area contributed by atoms with E-state index in [0.717, 1.165) is 33.2 Å². The number of rotatable bonds is 7. The van der Waals surface area contributed by atoms with Crippen molar-refractivity contribution in [3.8, 4) is 28.4 Å². The van der Waals surface area contributed by atoms with Crippen molar-refractivity contribution in [2.24, 2.45) is 0 Å². The number of furan rings is 1. The third kappa shape index (κ3) is 4.56. The second-order valence-corrected chi connectivity index (χ2v) is 7.96. The summed E-state index contributed by atoms with van der Waals surface area (Å²) < 4.78 is 17.2.